The highest BCUT2D eigenvalue weighted by Gasteiger charge is 2.09. The molecule has 0 fully saturated rings. The maximum Gasteiger partial charge on any atom is 0.293 e. The van der Waals surface area contributed by atoms with E-state index in [1.54, 1.807) is 18.2 Å². The number of nitrogens with zero attached hydrogens (tertiary/aromatic N) is 1. The summed E-state index contributed by atoms with van der Waals surface area (Å²) >= 11 is 0.190. The van der Waals surface area contributed by atoms with Crippen LogP contribution in [0.4, 0.5) is 0 Å². The molecular formula is C6H6N2O2S2. The van der Waals surface area contributed by atoms with Crippen molar-refractivity contribution in [3.63, 3.8) is 0 Å². The number of sulfonamides is 1. The third kappa shape index (κ3) is 1.99. The monoisotopic (exact) mass is 202 g/mol. The minimum absolute atomic E-state index is 0.116. The van der Waals surface area contributed by atoms with Gasteiger partial charge in [-0.1, -0.05) is 22.0 Å². The van der Waals surface area contributed by atoms with Gasteiger partial charge >= 0.3 is 0 Å². The molecule has 1 aromatic carbocycles. The molecule has 1 aromatic rings. The summed E-state index contributed by atoms with van der Waals surface area (Å²) < 4.78 is 31.9. The zero-order valence-electron chi connectivity index (χ0n) is 5.97. The molecule has 4 nitrogen and oxygen atoms in total. The molecule has 0 heterocycles. The van der Waals surface area contributed by atoms with Crippen LogP contribution >= 0.6 is 0 Å². The minimum atomic E-state index is -3.61. The number of nitrogens with one attached hydrogen (secondary N) is 1. The van der Waals surface area contributed by atoms with Crippen molar-refractivity contribution >= 4 is 21.4 Å². The van der Waals surface area contributed by atoms with Crippen molar-refractivity contribution < 1.29 is 8.42 Å². The van der Waals surface area contributed by atoms with Crippen LogP contribution in [-0.4, -0.2) is 8.42 Å². The summed E-state index contributed by atoms with van der Waals surface area (Å²) in [4.78, 5) is 0.116. The summed E-state index contributed by atoms with van der Waals surface area (Å²) in [6.07, 6.45) is 0. The van der Waals surface area contributed by atoms with E-state index in [9.17, 15) is 8.42 Å². The zero-order chi connectivity index (χ0) is 9.03. The molecule has 0 aliphatic rings. The maximum atomic E-state index is 11.1. The first-order valence-electron chi connectivity index (χ1n) is 3.02. The molecule has 0 aromatic heterocycles. The van der Waals surface area contributed by atoms with E-state index in [1.807, 2.05) is 0 Å². The molecule has 6 heteroatoms. The van der Waals surface area contributed by atoms with Gasteiger partial charge in [0.25, 0.3) is 10.0 Å². The summed E-state index contributed by atoms with van der Waals surface area (Å²) in [6, 6.07) is 7.81. The molecule has 0 radical (unpaired) electrons. The first-order chi connectivity index (χ1) is 5.67. The van der Waals surface area contributed by atoms with Crippen molar-refractivity contribution in [1.82, 2.24) is 0 Å². The molecule has 0 saturated carbocycles. The Bertz CT molecular complexity index is 406. The van der Waals surface area contributed by atoms with Crippen LogP contribution in [0.25, 0.3) is 0 Å². The average molecular weight is 202 g/mol. The van der Waals surface area contributed by atoms with E-state index in [1.165, 1.54) is 12.1 Å². The second kappa shape index (κ2) is 3.59. The van der Waals surface area contributed by atoms with E-state index in [0.717, 1.165) is 0 Å². The van der Waals surface area contributed by atoms with E-state index < -0.39 is 10.0 Å². The van der Waals surface area contributed by atoms with Crippen molar-refractivity contribution in [1.29, 1.82) is 4.78 Å². The van der Waals surface area contributed by atoms with Gasteiger partial charge in [0.2, 0.25) is 0 Å². The lowest BCUT2D eigenvalue weighted by Crippen LogP contribution is -1.94. The number of hydrogen-bond acceptors (Lipinski definition) is 3. The molecule has 0 saturated heterocycles. The van der Waals surface area contributed by atoms with Gasteiger partial charge in [-0.05, 0) is 12.1 Å². The van der Waals surface area contributed by atoms with Gasteiger partial charge in [0.1, 0.15) is 0 Å². The van der Waals surface area contributed by atoms with E-state index in [2.05, 4.69) is 3.77 Å². The lowest BCUT2D eigenvalue weighted by molar-refractivity contribution is 0.598. The van der Waals surface area contributed by atoms with Gasteiger partial charge in [-0.15, -0.1) is 0 Å². The molecule has 1 N–H and O–H groups in total. The number of benzene rings is 1. The zero-order valence-corrected chi connectivity index (χ0v) is 7.60. The lowest BCUT2D eigenvalue weighted by atomic mass is 10.4. The molecule has 0 aliphatic heterocycles. The first-order valence-corrected chi connectivity index (χ1v) is 5.23. The molecule has 0 aliphatic carbocycles. The van der Waals surface area contributed by atoms with Gasteiger partial charge in [-0.2, -0.15) is 8.42 Å². The molecule has 0 bridgehead atoms. The third-order valence-electron chi connectivity index (χ3n) is 1.18. The van der Waals surface area contributed by atoms with Gasteiger partial charge in [-0.3, -0.25) is 0 Å². The summed E-state index contributed by atoms with van der Waals surface area (Å²) in [5.74, 6) is 0. The molecule has 0 atom stereocenters. The van der Waals surface area contributed by atoms with E-state index in [-0.39, 0.29) is 16.3 Å². The highest BCUT2D eigenvalue weighted by Crippen LogP contribution is 2.09. The molecule has 0 spiro atoms. The van der Waals surface area contributed by atoms with Gasteiger partial charge in [0.15, 0.2) is 0 Å². The minimum Gasteiger partial charge on any atom is -0.228 e. The van der Waals surface area contributed by atoms with Crippen LogP contribution in [0.2, 0.25) is 0 Å². The summed E-state index contributed by atoms with van der Waals surface area (Å²) in [5, 5.41) is 0. The fraction of sp³-hybridized carbons (Fsp3) is 0. The fourth-order valence-corrected chi connectivity index (χ4v) is 1.92. The second-order valence-electron chi connectivity index (χ2n) is 1.95. The first kappa shape index (κ1) is 9.08. The maximum absolute atomic E-state index is 11.1. The largest absolute Gasteiger partial charge is 0.293 e. The molecule has 64 valence electrons. The summed E-state index contributed by atoms with van der Waals surface area (Å²) in [5.41, 5.74) is 0. The Hall–Kier alpha value is -1.01. The smallest absolute Gasteiger partial charge is 0.228 e. The van der Waals surface area contributed by atoms with Crippen LogP contribution in [0.5, 0.6) is 0 Å². The topological polar surface area (TPSA) is 70.3 Å². The Kier molecular flexibility index (Phi) is 2.72. The van der Waals surface area contributed by atoms with Gasteiger partial charge < -0.3 is 0 Å². The van der Waals surface area contributed by atoms with E-state index in [4.69, 9.17) is 4.78 Å². The Morgan fingerprint density at radius 3 is 2.33 bits per heavy atom. The predicted octanol–water partition coefficient (Wildman–Crippen LogP) is 1.40. The number of rotatable bonds is 2. The Balaban J connectivity index is 3.25. The average Bonchev–Trinajstić information content (AvgIpc) is 2.06. The van der Waals surface area contributed by atoms with Crippen molar-refractivity contribution in [2.45, 2.75) is 4.90 Å². The molecule has 1 rings (SSSR count). The molecule has 12 heavy (non-hydrogen) atoms. The van der Waals surface area contributed by atoms with Crippen LogP contribution in [0.3, 0.4) is 0 Å². The fourth-order valence-electron chi connectivity index (χ4n) is 0.685. The quantitative estimate of drug-likeness (QED) is 0.787. The van der Waals surface area contributed by atoms with Crippen LogP contribution < -0.4 is 0 Å². The van der Waals surface area contributed by atoms with Gasteiger partial charge in [0.05, 0.1) is 16.3 Å². The molecule has 0 amide bonds. The highest BCUT2D eigenvalue weighted by atomic mass is 32.2. The Morgan fingerprint density at radius 1 is 1.25 bits per heavy atom. The normalized spacial score (nSPS) is 10.7. The number of hydrogen-bond donors (Lipinski definition) is 1. The molecular weight excluding hydrogens is 196 g/mol. The highest BCUT2D eigenvalue weighted by molar-refractivity contribution is 7.93. The SMILES string of the molecule is N=S=NS(=O)(=O)c1ccccc1. The van der Waals surface area contributed by atoms with Crippen LogP contribution in [0.15, 0.2) is 39.0 Å². The van der Waals surface area contributed by atoms with Crippen molar-refractivity contribution in [2.24, 2.45) is 3.77 Å². The Labute approximate surface area is 74.0 Å². The van der Waals surface area contributed by atoms with Crippen LogP contribution in [0, 0.1) is 4.78 Å². The van der Waals surface area contributed by atoms with E-state index >= 15 is 0 Å². The van der Waals surface area contributed by atoms with E-state index in [0.29, 0.717) is 0 Å². The third-order valence-corrected chi connectivity index (χ3v) is 3.13. The van der Waals surface area contributed by atoms with Crippen LogP contribution in [-0.2, 0) is 21.4 Å². The van der Waals surface area contributed by atoms with Crippen molar-refractivity contribution in [3.8, 4) is 0 Å². The Morgan fingerprint density at radius 2 is 1.83 bits per heavy atom. The predicted molar refractivity (Wildman–Crippen MR) is 46.1 cm³/mol. The summed E-state index contributed by atoms with van der Waals surface area (Å²) in [7, 11) is -3.61. The molecule has 0 unspecified atom stereocenters. The van der Waals surface area contributed by atoms with Gasteiger partial charge in [-0.25, -0.2) is 4.78 Å². The summed E-state index contributed by atoms with van der Waals surface area (Å²) in [6.45, 7) is 0. The van der Waals surface area contributed by atoms with Crippen molar-refractivity contribution in [3.05, 3.63) is 30.3 Å². The second-order valence-corrected chi connectivity index (χ2v) is 4.15. The standard InChI is InChI=1S/C6H6N2O2S2/c7-11-8-12(9,10)6-4-2-1-3-5-6/h1-5,7H. The van der Waals surface area contributed by atoms with Crippen LogP contribution in [0.1, 0.15) is 0 Å². The lowest BCUT2D eigenvalue weighted by Gasteiger charge is -1.93. The van der Waals surface area contributed by atoms with Gasteiger partial charge in [0, 0.05) is 0 Å². The van der Waals surface area contributed by atoms with Crippen molar-refractivity contribution in [2.75, 3.05) is 0 Å².